The molecule has 5 nitrogen and oxygen atoms in total. The first-order chi connectivity index (χ1) is 10.8. The minimum atomic E-state index is -4.45. The topological polar surface area (TPSA) is 61.4 Å². The largest absolute Gasteiger partial charge is 0.408 e. The summed E-state index contributed by atoms with van der Waals surface area (Å²) >= 11 is 0. The number of carbonyl (C=O) groups excluding carboxylic acids is 2. The average Bonchev–Trinajstić information content (AvgIpc) is 2.52. The molecule has 2 rings (SSSR count). The molecular formula is C15H25ClF3N3O2. The summed E-state index contributed by atoms with van der Waals surface area (Å²) in [5.74, 6) is -1.59. The van der Waals surface area contributed by atoms with E-state index in [0.717, 1.165) is 25.9 Å². The predicted molar refractivity (Wildman–Crippen MR) is 85.8 cm³/mol. The number of likely N-dealkylation sites (tertiary alicyclic amines) is 1. The van der Waals surface area contributed by atoms with Gasteiger partial charge in [-0.25, -0.2) is 0 Å². The quantitative estimate of drug-likeness (QED) is 0.740. The molecule has 0 aliphatic carbocycles. The van der Waals surface area contributed by atoms with E-state index in [1.165, 1.54) is 0 Å². The molecule has 0 aromatic rings. The molecule has 2 aliphatic heterocycles. The number of piperidine rings is 2. The highest BCUT2D eigenvalue weighted by atomic mass is 35.5. The lowest BCUT2D eigenvalue weighted by Gasteiger charge is -2.36. The third kappa shape index (κ3) is 5.24. The fraction of sp³-hybridized carbons (Fsp3) is 0.867. The van der Waals surface area contributed by atoms with Crippen LogP contribution in [0.3, 0.4) is 0 Å². The summed E-state index contributed by atoms with van der Waals surface area (Å²) in [7, 11) is 0. The molecule has 2 N–H and O–H groups in total. The van der Waals surface area contributed by atoms with E-state index in [0.29, 0.717) is 19.0 Å². The van der Waals surface area contributed by atoms with E-state index in [1.807, 2.05) is 12.2 Å². The van der Waals surface area contributed by atoms with Crippen LogP contribution in [0.15, 0.2) is 0 Å². The van der Waals surface area contributed by atoms with Crippen molar-refractivity contribution >= 4 is 24.2 Å². The smallest absolute Gasteiger partial charge is 0.344 e. The zero-order valence-electron chi connectivity index (χ0n) is 13.7. The molecule has 2 unspecified atom stereocenters. The van der Waals surface area contributed by atoms with Gasteiger partial charge in [0.1, 0.15) is 12.0 Å². The van der Waals surface area contributed by atoms with Crippen molar-refractivity contribution in [2.45, 2.75) is 44.8 Å². The minimum Gasteiger partial charge on any atom is -0.344 e. The van der Waals surface area contributed by atoms with Crippen molar-refractivity contribution in [3.8, 4) is 0 Å². The second-order valence-corrected chi connectivity index (χ2v) is 6.31. The molecule has 140 valence electrons. The number of carbonyl (C=O) groups is 2. The predicted octanol–water partition coefficient (Wildman–Crippen LogP) is 1.71. The Hall–Kier alpha value is -1.02. The Morgan fingerprint density at radius 2 is 1.88 bits per heavy atom. The standard InChI is InChI=1S/C15H24F3N3O2.ClH/c1-2-19-9-10-5-7-21(8-6-10)14(23)11-3-4-12(15(16,17)18)20-13(11)22;/h10-12,19H,2-9H2,1H3,(H,20,22);1H. The van der Waals surface area contributed by atoms with Gasteiger partial charge in [0, 0.05) is 13.1 Å². The lowest BCUT2D eigenvalue weighted by molar-refractivity contribution is -0.172. The van der Waals surface area contributed by atoms with Gasteiger partial charge in [-0.3, -0.25) is 9.59 Å². The molecule has 2 aliphatic rings. The van der Waals surface area contributed by atoms with Crippen molar-refractivity contribution in [2.24, 2.45) is 11.8 Å². The molecule has 2 fully saturated rings. The van der Waals surface area contributed by atoms with Gasteiger partial charge in [0.05, 0.1) is 0 Å². The highest BCUT2D eigenvalue weighted by Gasteiger charge is 2.46. The van der Waals surface area contributed by atoms with E-state index in [1.54, 1.807) is 4.90 Å². The monoisotopic (exact) mass is 371 g/mol. The first kappa shape index (κ1) is 21.0. The number of nitrogens with zero attached hydrogens (tertiary/aromatic N) is 1. The minimum absolute atomic E-state index is 0. The highest BCUT2D eigenvalue weighted by molar-refractivity contribution is 6.00. The fourth-order valence-electron chi connectivity index (χ4n) is 3.22. The Bertz CT molecular complexity index is 440. The van der Waals surface area contributed by atoms with Crippen molar-refractivity contribution in [2.75, 3.05) is 26.2 Å². The zero-order chi connectivity index (χ0) is 17.0. The maximum Gasteiger partial charge on any atom is 0.408 e. The first-order valence-corrected chi connectivity index (χ1v) is 8.19. The Labute approximate surface area is 146 Å². The van der Waals surface area contributed by atoms with Gasteiger partial charge in [-0.05, 0) is 44.7 Å². The molecule has 0 saturated carbocycles. The van der Waals surface area contributed by atoms with Crippen LogP contribution in [0.4, 0.5) is 13.2 Å². The molecule has 0 aromatic heterocycles. The number of amides is 2. The van der Waals surface area contributed by atoms with Gasteiger partial charge in [-0.15, -0.1) is 12.4 Å². The highest BCUT2D eigenvalue weighted by Crippen LogP contribution is 2.29. The summed E-state index contributed by atoms with van der Waals surface area (Å²) in [5.41, 5.74) is 0. The summed E-state index contributed by atoms with van der Waals surface area (Å²) < 4.78 is 37.9. The van der Waals surface area contributed by atoms with Crippen LogP contribution in [0.1, 0.15) is 32.6 Å². The molecule has 0 aromatic carbocycles. The summed E-state index contributed by atoms with van der Waals surface area (Å²) in [6.07, 6.45) is -3.00. The van der Waals surface area contributed by atoms with Crippen LogP contribution in [0.5, 0.6) is 0 Å². The van der Waals surface area contributed by atoms with E-state index in [-0.39, 0.29) is 31.2 Å². The zero-order valence-corrected chi connectivity index (χ0v) is 14.5. The maximum absolute atomic E-state index is 12.6. The van der Waals surface area contributed by atoms with Gasteiger partial charge >= 0.3 is 6.18 Å². The number of hydrogen-bond donors (Lipinski definition) is 2. The van der Waals surface area contributed by atoms with E-state index < -0.39 is 24.0 Å². The molecule has 9 heteroatoms. The first-order valence-electron chi connectivity index (χ1n) is 8.19. The van der Waals surface area contributed by atoms with Gasteiger partial charge in [0.15, 0.2) is 0 Å². The van der Waals surface area contributed by atoms with Gasteiger partial charge in [-0.2, -0.15) is 13.2 Å². The van der Waals surface area contributed by atoms with Crippen molar-refractivity contribution in [3.63, 3.8) is 0 Å². The van der Waals surface area contributed by atoms with Crippen molar-refractivity contribution in [3.05, 3.63) is 0 Å². The second-order valence-electron chi connectivity index (χ2n) is 6.31. The molecule has 0 bridgehead atoms. The Balaban J connectivity index is 0.00000288. The lowest BCUT2D eigenvalue weighted by atomic mass is 9.90. The van der Waals surface area contributed by atoms with Crippen LogP contribution < -0.4 is 10.6 Å². The van der Waals surface area contributed by atoms with E-state index in [4.69, 9.17) is 0 Å². The fourth-order valence-corrected chi connectivity index (χ4v) is 3.22. The summed E-state index contributed by atoms with van der Waals surface area (Å²) in [6.45, 7) is 4.99. The van der Waals surface area contributed by atoms with Gasteiger partial charge in [-0.1, -0.05) is 6.92 Å². The maximum atomic E-state index is 12.6. The van der Waals surface area contributed by atoms with Gasteiger partial charge < -0.3 is 15.5 Å². The number of halogens is 4. The molecule has 0 radical (unpaired) electrons. The Morgan fingerprint density at radius 3 is 2.38 bits per heavy atom. The van der Waals surface area contributed by atoms with Crippen LogP contribution in [0.25, 0.3) is 0 Å². The lowest BCUT2D eigenvalue weighted by Crippen LogP contribution is -2.55. The van der Waals surface area contributed by atoms with Crippen LogP contribution in [-0.2, 0) is 9.59 Å². The van der Waals surface area contributed by atoms with Crippen molar-refractivity contribution < 1.29 is 22.8 Å². The summed E-state index contributed by atoms with van der Waals surface area (Å²) in [6, 6.07) is -1.83. The Kier molecular flexibility index (Phi) is 7.79. The number of nitrogens with one attached hydrogen (secondary N) is 2. The number of hydrogen-bond acceptors (Lipinski definition) is 3. The van der Waals surface area contributed by atoms with E-state index in [9.17, 15) is 22.8 Å². The van der Waals surface area contributed by atoms with Crippen LogP contribution in [0, 0.1) is 11.8 Å². The summed E-state index contributed by atoms with van der Waals surface area (Å²) in [4.78, 5) is 25.9. The molecule has 0 spiro atoms. The molecule has 24 heavy (non-hydrogen) atoms. The molecule has 2 amide bonds. The van der Waals surface area contributed by atoms with Crippen LogP contribution in [0.2, 0.25) is 0 Å². The second kappa shape index (κ2) is 8.89. The third-order valence-electron chi connectivity index (χ3n) is 4.68. The number of rotatable bonds is 4. The van der Waals surface area contributed by atoms with Gasteiger partial charge in [0.2, 0.25) is 11.8 Å². The normalized spacial score (nSPS) is 25.8. The Morgan fingerprint density at radius 1 is 1.25 bits per heavy atom. The molecular weight excluding hydrogens is 347 g/mol. The van der Waals surface area contributed by atoms with Crippen LogP contribution >= 0.6 is 12.4 Å². The van der Waals surface area contributed by atoms with E-state index >= 15 is 0 Å². The number of alkyl halides is 3. The molecule has 2 saturated heterocycles. The van der Waals surface area contributed by atoms with Crippen molar-refractivity contribution in [1.29, 1.82) is 0 Å². The summed E-state index contributed by atoms with van der Waals surface area (Å²) in [5, 5.41) is 5.22. The van der Waals surface area contributed by atoms with Gasteiger partial charge in [0.25, 0.3) is 0 Å². The van der Waals surface area contributed by atoms with E-state index in [2.05, 4.69) is 5.32 Å². The third-order valence-corrected chi connectivity index (χ3v) is 4.68. The SMILES string of the molecule is CCNCC1CCN(C(=O)C2CCC(C(F)(F)F)NC2=O)CC1.Cl. The molecule has 2 atom stereocenters. The average molecular weight is 372 g/mol. The molecule has 2 heterocycles. The van der Waals surface area contributed by atoms with Crippen molar-refractivity contribution in [1.82, 2.24) is 15.5 Å². The van der Waals surface area contributed by atoms with Crippen LogP contribution in [-0.4, -0.2) is 55.1 Å².